The van der Waals surface area contributed by atoms with Crippen molar-refractivity contribution < 1.29 is 4.79 Å². The first-order valence-corrected chi connectivity index (χ1v) is 10.3. The van der Waals surface area contributed by atoms with Gasteiger partial charge in [-0.1, -0.05) is 30.0 Å². The van der Waals surface area contributed by atoms with Gasteiger partial charge < -0.3 is 15.5 Å². The van der Waals surface area contributed by atoms with E-state index >= 15 is 0 Å². The van der Waals surface area contributed by atoms with E-state index in [1.165, 1.54) is 35.9 Å². The van der Waals surface area contributed by atoms with Crippen molar-refractivity contribution in [3.8, 4) is 0 Å². The Morgan fingerprint density at radius 2 is 2.09 bits per heavy atom. The molecule has 6 nitrogen and oxygen atoms in total. The molecular formula is C15H25N5OS2. The highest BCUT2D eigenvalue weighted by molar-refractivity contribution is 8.01. The number of piperidine rings is 1. The van der Waals surface area contributed by atoms with E-state index in [1.54, 1.807) is 0 Å². The molecule has 1 aliphatic heterocycles. The molecule has 1 amide bonds. The van der Waals surface area contributed by atoms with Crippen LogP contribution in [0.15, 0.2) is 4.34 Å². The lowest BCUT2D eigenvalue weighted by Gasteiger charge is -2.32. The molecule has 0 unspecified atom stereocenters. The van der Waals surface area contributed by atoms with E-state index in [-0.39, 0.29) is 5.91 Å². The van der Waals surface area contributed by atoms with Crippen LogP contribution in [0, 0.1) is 0 Å². The van der Waals surface area contributed by atoms with Gasteiger partial charge >= 0.3 is 0 Å². The minimum Gasteiger partial charge on any atom is -0.360 e. The summed E-state index contributed by atoms with van der Waals surface area (Å²) in [4.78, 5) is 14.7. The number of rotatable bonds is 8. The van der Waals surface area contributed by atoms with E-state index in [2.05, 4.69) is 32.7 Å². The van der Waals surface area contributed by atoms with Gasteiger partial charge in [-0.05, 0) is 32.1 Å². The molecule has 2 fully saturated rings. The fourth-order valence-corrected chi connectivity index (χ4v) is 4.41. The minimum atomic E-state index is 0.109. The molecule has 2 heterocycles. The van der Waals surface area contributed by atoms with Gasteiger partial charge in [0.25, 0.3) is 0 Å². The number of nitrogens with zero attached hydrogens (tertiary/aromatic N) is 3. The van der Waals surface area contributed by atoms with Gasteiger partial charge in [-0.3, -0.25) is 4.79 Å². The lowest BCUT2D eigenvalue weighted by Crippen LogP contribution is -2.45. The van der Waals surface area contributed by atoms with Crippen LogP contribution in [0.1, 0.15) is 39.0 Å². The zero-order chi connectivity index (χ0) is 16.1. The van der Waals surface area contributed by atoms with Crippen LogP contribution in [0.5, 0.6) is 0 Å². The molecule has 2 aliphatic rings. The smallest absolute Gasteiger partial charge is 0.230 e. The molecule has 23 heavy (non-hydrogen) atoms. The molecule has 1 aromatic heterocycles. The first-order chi connectivity index (χ1) is 11.2. The second-order valence-corrected chi connectivity index (χ2v) is 8.40. The van der Waals surface area contributed by atoms with Gasteiger partial charge in [-0.2, -0.15) is 0 Å². The fourth-order valence-electron chi connectivity index (χ4n) is 2.82. The number of carbonyl (C=O) groups is 1. The number of hydrogen-bond donors (Lipinski definition) is 2. The molecule has 1 saturated heterocycles. The molecule has 0 bridgehead atoms. The Labute approximate surface area is 145 Å². The second-order valence-electron chi connectivity index (χ2n) is 6.20. The zero-order valence-corrected chi connectivity index (χ0v) is 15.2. The van der Waals surface area contributed by atoms with E-state index in [4.69, 9.17) is 0 Å². The number of likely N-dealkylation sites (tertiary alicyclic amines) is 1. The van der Waals surface area contributed by atoms with E-state index in [0.29, 0.717) is 11.8 Å². The summed E-state index contributed by atoms with van der Waals surface area (Å²) in [6.45, 7) is 5.28. The Hall–Kier alpha value is -0.860. The van der Waals surface area contributed by atoms with Crippen molar-refractivity contribution in [2.45, 2.75) is 55.5 Å². The van der Waals surface area contributed by atoms with Crippen molar-refractivity contribution in [3.63, 3.8) is 0 Å². The molecule has 3 rings (SSSR count). The number of hydrogen-bond acceptors (Lipinski definition) is 7. The summed E-state index contributed by atoms with van der Waals surface area (Å²) in [6.07, 6.45) is 5.95. The summed E-state index contributed by atoms with van der Waals surface area (Å²) < 4.78 is 0.849. The molecule has 0 radical (unpaired) electrons. The van der Waals surface area contributed by atoms with Crippen LogP contribution in [-0.2, 0) is 4.79 Å². The topological polar surface area (TPSA) is 70.1 Å². The molecule has 1 aromatic rings. The van der Waals surface area contributed by atoms with Crippen molar-refractivity contribution in [2.24, 2.45) is 0 Å². The third kappa shape index (κ3) is 5.32. The van der Waals surface area contributed by atoms with Gasteiger partial charge in [0.15, 0.2) is 4.34 Å². The van der Waals surface area contributed by atoms with E-state index < -0.39 is 0 Å². The SMILES string of the molecule is CCCNc1nnc(SCC(=O)NC2CCN(C3CC3)CC2)s1. The monoisotopic (exact) mass is 355 g/mol. The first-order valence-electron chi connectivity index (χ1n) is 8.48. The molecule has 2 N–H and O–H groups in total. The summed E-state index contributed by atoms with van der Waals surface area (Å²) in [5.41, 5.74) is 0. The highest BCUT2D eigenvalue weighted by Gasteiger charge is 2.32. The van der Waals surface area contributed by atoms with Crippen molar-refractivity contribution in [2.75, 3.05) is 30.7 Å². The molecule has 0 atom stereocenters. The maximum absolute atomic E-state index is 12.1. The lowest BCUT2D eigenvalue weighted by atomic mass is 10.1. The van der Waals surface area contributed by atoms with Gasteiger partial charge in [0.2, 0.25) is 11.0 Å². The Bertz CT molecular complexity index is 512. The quantitative estimate of drug-likeness (QED) is 0.697. The average molecular weight is 356 g/mol. The molecule has 0 spiro atoms. The van der Waals surface area contributed by atoms with E-state index in [1.807, 2.05) is 0 Å². The highest BCUT2D eigenvalue weighted by atomic mass is 32.2. The predicted octanol–water partition coefficient (Wildman–Crippen LogP) is 2.20. The van der Waals surface area contributed by atoms with E-state index in [0.717, 1.165) is 54.4 Å². The van der Waals surface area contributed by atoms with Crippen LogP contribution in [0.25, 0.3) is 0 Å². The Morgan fingerprint density at radius 3 is 2.78 bits per heavy atom. The summed E-state index contributed by atoms with van der Waals surface area (Å²) in [6, 6.07) is 1.18. The van der Waals surface area contributed by atoms with Gasteiger partial charge in [-0.25, -0.2) is 0 Å². The predicted molar refractivity (Wildman–Crippen MR) is 95.2 cm³/mol. The molecule has 0 aromatic carbocycles. The van der Waals surface area contributed by atoms with Crippen LogP contribution in [0.4, 0.5) is 5.13 Å². The largest absolute Gasteiger partial charge is 0.360 e. The van der Waals surface area contributed by atoms with Crippen molar-refractivity contribution in [1.29, 1.82) is 0 Å². The second kappa shape index (κ2) is 8.30. The number of aromatic nitrogens is 2. The molecule has 1 aliphatic carbocycles. The molecule has 8 heteroatoms. The van der Waals surface area contributed by atoms with Crippen LogP contribution in [-0.4, -0.2) is 58.5 Å². The van der Waals surface area contributed by atoms with Crippen LogP contribution in [0.2, 0.25) is 0 Å². The fraction of sp³-hybridized carbons (Fsp3) is 0.800. The summed E-state index contributed by atoms with van der Waals surface area (Å²) in [7, 11) is 0. The lowest BCUT2D eigenvalue weighted by molar-refractivity contribution is -0.119. The van der Waals surface area contributed by atoms with Crippen molar-refractivity contribution in [3.05, 3.63) is 0 Å². The number of anilines is 1. The van der Waals surface area contributed by atoms with Gasteiger partial charge in [-0.15, -0.1) is 10.2 Å². The molecular weight excluding hydrogens is 330 g/mol. The number of amides is 1. The van der Waals surface area contributed by atoms with Crippen molar-refractivity contribution in [1.82, 2.24) is 20.4 Å². The van der Waals surface area contributed by atoms with Crippen LogP contribution < -0.4 is 10.6 Å². The standard InChI is InChI=1S/C15H25N5OS2/c1-2-7-16-14-18-19-15(23-14)22-10-13(21)17-11-5-8-20(9-6-11)12-3-4-12/h11-12H,2-10H2,1H3,(H,16,18)(H,17,21). The van der Waals surface area contributed by atoms with Crippen LogP contribution in [0.3, 0.4) is 0 Å². The Kier molecular flexibility index (Phi) is 6.13. The van der Waals surface area contributed by atoms with E-state index in [9.17, 15) is 4.79 Å². The maximum Gasteiger partial charge on any atom is 0.230 e. The number of nitrogens with one attached hydrogen (secondary N) is 2. The average Bonchev–Trinajstić information content (AvgIpc) is 3.31. The summed E-state index contributed by atoms with van der Waals surface area (Å²) in [5.74, 6) is 0.531. The number of carbonyl (C=O) groups excluding carboxylic acids is 1. The van der Waals surface area contributed by atoms with Gasteiger partial charge in [0.05, 0.1) is 5.75 Å². The Morgan fingerprint density at radius 1 is 1.30 bits per heavy atom. The minimum absolute atomic E-state index is 0.109. The van der Waals surface area contributed by atoms with Crippen molar-refractivity contribution >= 4 is 34.1 Å². The highest BCUT2D eigenvalue weighted by Crippen LogP contribution is 2.29. The first kappa shape index (κ1) is 17.0. The van der Waals surface area contributed by atoms with Gasteiger partial charge in [0, 0.05) is 31.7 Å². The Balaban J connectivity index is 1.34. The zero-order valence-electron chi connectivity index (χ0n) is 13.6. The number of thioether (sulfide) groups is 1. The maximum atomic E-state index is 12.1. The molecule has 128 valence electrons. The van der Waals surface area contributed by atoms with Gasteiger partial charge in [0.1, 0.15) is 0 Å². The third-order valence-electron chi connectivity index (χ3n) is 4.22. The molecule has 1 saturated carbocycles. The summed E-state index contributed by atoms with van der Waals surface area (Å²) >= 11 is 2.98. The third-order valence-corrected chi connectivity index (χ3v) is 6.23. The normalized spacial score (nSPS) is 19.7. The van der Waals surface area contributed by atoms with Crippen LogP contribution >= 0.6 is 23.1 Å². The summed E-state index contributed by atoms with van der Waals surface area (Å²) in [5, 5.41) is 15.4.